The summed E-state index contributed by atoms with van der Waals surface area (Å²) < 4.78 is 12.4. The minimum absolute atomic E-state index is 0.180. The molecular formula is C16H25N5OS. The number of aryl methyl sites for hydroxylation is 2. The first-order valence-electron chi connectivity index (χ1n) is 8.18. The fourth-order valence-electron chi connectivity index (χ4n) is 2.85. The van der Waals surface area contributed by atoms with Crippen LogP contribution in [0.25, 0.3) is 0 Å². The number of morpholine rings is 1. The van der Waals surface area contributed by atoms with Gasteiger partial charge in [0, 0.05) is 24.7 Å². The Morgan fingerprint density at radius 3 is 2.87 bits per heavy atom. The molecule has 0 N–H and O–H groups in total. The lowest BCUT2D eigenvalue weighted by atomic mass is 10.2. The number of nitrogens with zero attached hydrogens (tertiary/aromatic N) is 5. The van der Waals surface area contributed by atoms with E-state index in [1.165, 1.54) is 17.2 Å². The molecule has 0 spiro atoms. The number of hydrogen-bond acceptors (Lipinski definition) is 6. The van der Waals surface area contributed by atoms with Gasteiger partial charge in [0.05, 0.1) is 31.5 Å². The summed E-state index contributed by atoms with van der Waals surface area (Å²) in [5.41, 5.74) is 2.25. The molecule has 0 saturated carbocycles. The minimum atomic E-state index is 0.180. The highest BCUT2D eigenvalue weighted by molar-refractivity contribution is 7.05. The molecule has 0 bridgehead atoms. The van der Waals surface area contributed by atoms with Gasteiger partial charge in [-0.25, -0.2) is 4.98 Å². The molecule has 23 heavy (non-hydrogen) atoms. The highest BCUT2D eigenvalue weighted by Gasteiger charge is 2.23. The summed E-state index contributed by atoms with van der Waals surface area (Å²) in [7, 11) is 0. The predicted octanol–water partition coefficient (Wildman–Crippen LogP) is 2.38. The maximum absolute atomic E-state index is 5.92. The van der Waals surface area contributed by atoms with E-state index in [2.05, 4.69) is 46.2 Å². The van der Waals surface area contributed by atoms with Gasteiger partial charge in [-0.2, -0.15) is 9.47 Å². The second-order valence-electron chi connectivity index (χ2n) is 6.54. The highest BCUT2D eigenvalue weighted by Crippen LogP contribution is 2.17. The highest BCUT2D eigenvalue weighted by atomic mass is 32.1. The molecule has 126 valence electrons. The summed E-state index contributed by atoms with van der Waals surface area (Å²) in [5.74, 6) is 1.35. The standard InChI is InChI=1S/C16H25N5OS/c1-11(2)16-17-15(23-19-16)10-20-5-6-22-14(8-20)9-21-13(4)7-12(3)18-21/h7,11,14H,5-6,8-10H2,1-4H3. The van der Waals surface area contributed by atoms with E-state index in [-0.39, 0.29) is 6.10 Å². The SMILES string of the molecule is Cc1cc(C)n(CC2CN(Cc3nc(C(C)C)ns3)CCO2)n1. The molecule has 1 saturated heterocycles. The van der Waals surface area contributed by atoms with Gasteiger partial charge in [0.15, 0.2) is 0 Å². The van der Waals surface area contributed by atoms with Gasteiger partial charge in [-0.3, -0.25) is 9.58 Å². The van der Waals surface area contributed by atoms with E-state index >= 15 is 0 Å². The van der Waals surface area contributed by atoms with Crippen molar-refractivity contribution in [2.75, 3.05) is 19.7 Å². The average molecular weight is 335 g/mol. The lowest BCUT2D eigenvalue weighted by molar-refractivity contribution is -0.0405. The normalized spacial score (nSPS) is 19.6. The van der Waals surface area contributed by atoms with Crippen molar-refractivity contribution in [1.82, 2.24) is 24.0 Å². The van der Waals surface area contributed by atoms with E-state index in [1.54, 1.807) is 0 Å². The van der Waals surface area contributed by atoms with Gasteiger partial charge in [-0.1, -0.05) is 13.8 Å². The van der Waals surface area contributed by atoms with Crippen LogP contribution < -0.4 is 0 Å². The monoisotopic (exact) mass is 335 g/mol. The van der Waals surface area contributed by atoms with E-state index in [9.17, 15) is 0 Å². The molecule has 7 heteroatoms. The van der Waals surface area contributed by atoms with Crippen molar-refractivity contribution in [1.29, 1.82) is 0 Å². The van der Waals surface area contributed by atoms with Crippen molar-refractivity contribution < 1.29 is 4.74 Å². The van der Waals surface area contributed by atoms with E-state index in [4.69, 9.17) is 4.74 Å². The van der Waals surface area contributed by atoms with Crippen LogP contribution in [0.5, 0.6) is 0 Å². The van der Waals surface area contributed by atoms with E-state index in [0.29, 0.717) is 5.92 Å². The largest absolute Gasteiger partial charge is 0.374 e. The fourth-order valence-corrected chi connectivity index (χ4v) is 3.67. The second kappa shape index (κ2) is 7.07. The Morgan fingerprint density at radius 2 is 2.22 bits per heavy atom. The van der Waals surface area contributed by atoms with Crippen LogP contribution in [0.1, 0.15) is 42.0 Å². The van der Waals surface area contributed by atoms with Crippen LogP contribution in [-0.2, 0) is 17.8 Å². The van der Waals surface area contributed by atoms with Crippen LogP contribution in [0.15, 0.2) is 6.07 Å². The van der Waals surface area contributed by atoms with Crippen molar-refractivity contribution in [2.45, 2.75) is 52.8 Å². The summed E-state index contributed by atoms with van der Waals surface area (Å²) in [6, 6.07) is 2.11. The molecule has 0 radical (unpaired) electrons. The smallest absolute Gasteiger partial charge is 0.145 e. The molecule has 3 heterocycles. The van der Waals surface area contributed by atoms with Gasteiger partial charge in [0.2, 0.25) is 0 Å². The lowest BCUT2D eigenvalue weighted by Crippen LogP contribution is -2.43. The van der Waals surface area contributed by atoms with Gasteiger partial charge < -0.3 is 4.74 Å². The first-order chi connectivity index (χ1) is 11.0. The maximum Gasteiger partial charge on any atom is 0.145 e. The molecule has 1 atom stereocenters. The van der Waals surface area contributed by atoms with Crippen molar-refractivity contribution in [3.8, 4) is 0 Å². The molecule has 2 aromatic rings. The molecule has 1 aliphatic heterocycles. The topological polar surface area (TPSA) is 56.1 Å². The maximum atomic E-state index is 5.92. The van der Waals surface area contributed by atoms with Crippen molar-refractivity contribution in [3.05, 3.63) is 28.3 Å². The zero-order valence-corrected chi connectivity index (χ0v) is 15.1. The molecule has 6 nitrogen and oxygen atoms in total. The number of rotatable bonds is 5. The summed E-state index contributed by atoms with van der Waals surface area (Å²) in [6.07, 6.45) is 0.180. The molecular weight excluding hydrogens is 310 g/mol. The second-order valence-corrected chi connectivity index (χ2v) is 7.37. The third kappa shape index (κ3) is 4.16. The Kier molecular flexibility index (Phi) is 5.08. The summed E-state index contributed by atoms with van der Waals surface area (Å²) in [5, 5.41) is 5.63. The third-order valence-electron chi connectivity index (χ3n) is 4.06. The molecule has 2 aromatic heterocycles. The summed E-state index contributed by atoms with van der Waals surface area (Å²) in [4.78, 5) is 7.04. The summed E-state index contributed by atoms with van der Waals surface area (Å²) >= 11 is 1.52. The molecule has 0 amide bonds. The van der Waals surface area contributed by atoms with Crippen molar-refractivity contribution in [3.63, 3.8) is 0 Å². The number of ether oxygens (including phenoxy) is 1. The lowest BCUT2D eigenvalue weighted by Gasteiger charge is -2.32. The van der Waals surface area contributed by atoms with Gasteiger partial charge in [0.1, 0.15) is 10.8 Å². The Balaban J connectivity index is 1.58. The zero-order chi connectivity index (χ0) is 16.4. The predicted molar refractivity (Wildman–Crippen MR) is 90.7 cm³/mol. The quantitative estimate of drug-likeness (QED) is 0.840. The van der Waals surface area contributed by atoms with E-state index < -0.39 is 0 Å². The number of aromatic nitrogens is 4. The van der Waals surface area contributed by atoms with E-state index in [1.807, 2.05) is 11.6 Å². The molecule has 0 aromatic carbocycles. The van der Waals surface area contributed by atoms with Crippen LogP contribution in [-0.4, -0.2) is 49.8 Å². The van der Waals surface area contributed by atoms with Crippen LogP contribution in [0.4, 0.5) is 0 Å². The van der Waals surface area contributed by atoms with Crippen molar-refractivity contribution in [2.24, 2.45) is 0 Å². The van der Waals surface area contributed by atoms with E-state index in [0.717, 1.165) is 49.3 Å². The Bertz CT molecular complexity index is 651. The molecule has 1 unspecified atom stereocenters. The molecule has 0 aliphatic carbocycles. The zero-order valence-electron chi connectivity index (χ0n) is 14.3. The Morgan fingerprint density at radius 1 is 1.39 bits per heavy atom. The Hall–Kier alpha value is -1.31. The van der Waals surface area contributed by atoms with Crippen molar-refractivity contribution >= 4 is 11.5 Å². The number of hydrogen-bond donors (Lipinski definition) is 0. The van der Waals surface area contributed by atoms with Gasteiger partial charge >= 0.3 is 0 Å². The molecule has 1 aliphatic rings. The van der Waals surface area contributed by atoms with Gasteiger partial charge in [-0.15, -0.1) is 0 Å². The fraction of sp³-hybridized carbons (Fsp3) is 0.688. The van der Waals surface area contributed by atoms with Crippen LogP contribution in [0.2, 0.25) is 0 Å². The van der Waals surface area contributed by atoms with Crippen LogP contribution in [0, 0.1) is 13.8 Å². The summed E-state index contributed by atoms with van der Waals surface area (Å²) in [6.45, 7) is 12.7. The minimum Gasteiger partial charge on any atom is -0.374 e. The molecule has 3 rings (SSSR count). The first-order valence-corrected chi connectivity index (χ1v) is 8.96. The Labute approximate surface area is 141 Å². The molecule has 1 fully saturated rings. The van der Waals surface area contributed by atoms with Crippen LogP contribution in [0.3, 0.4) is 0 Å². The average Bonchev–Trinajstić information content (AvgIpc) is 3.07. The van der Waals surface area contributed by atoms with Gasteiger partial charge in [0.25, 0.3) is 0 Å². The third-order valence-corrected chi connectivity index (χ3v) is 4.77. The van der Waals surface area contributed by atoms with Crippen LogP contribution >= 0.6 is 11.5 Å². The van der Waals surface area contributed by atoms with Gasteiger partial charge in [-0.05, 0) is 31.4 Å². The first kappa shape index (κ1) is 16.5.